The largest absolute Gasteiger partial charge is 0.492 e. The number of amides is 2. The molecule has 0 aliphatic carbocycles. The highest BCUT2D eigenvalue weighted by Gasteiger charge is 2.26. The maximum Gasteiger partial charge on any atom is 0.322 e. The summed E-state index contributed by atoms with van der Waals surface area (Å²) in [5.74, 6) is -0.0646. The van der Waals surface area contributed by atoms with Crippen molar-refractivity contribution in [3.63, 3.8) is 0 Å². The van der Waals surface area contributed by atoms with Crippen LogP contribution in [-0.2, 0) is 4.74 Å². The van der Waals surface area contributed by atoms with E-state index >= 15 is 0 Å². The van der Waals surface area contributed by atoms with Crippen molar-refractivity contribution in [3.8, 4) is 5.75 Å². The molecule has 116 valence electrons. The summed E-state index contributed by atoms with van der Waals surface area (Å²) in [4.78, 5) is 14.0. The van der Waals surface area contributed by atoms with Crippen LogP contribution in [0, 0.1) is 5.82 Å². The molecule has 1 heterocycles. The summed E-state index contributed by atoms with van der Waals surface area (Å²) in [6, 6.07) is 3.84. The van der Waals surface area contributed by atoms with Gasteiger partial charge in [0, 0.05) is 19.2 Å². The number of urea groups is 1. The van der Waals surface area contributed by atoms with Gasteiger partial charge in [0.05, 0.1) is 24.5 Å². The molecule has 0 spiro atoms. The molecule has 1 aliphatic rings. The molecule has 0 saturated carbocycles. The van der Waals surface area contributed by atoms with E-state index < -0.39 is 5.82 Å². The fourth-order valence-corrected chi connectivity index (χ4v) is 2.41. The summed E-state index contributed by atoms with van der Waals surface area (Å²) in [5.41, 5.74) is 0.468. The maximum atomic E-state index is 13.2. The van der Waals surface area contributed by atoms with Crippen LogP contribution in [0.25, 0.3) is 0 Å². The second kappa shape index (κ2) is 6.76. The Bertz CT molecular complexity index is 500. The van der Waals surface area contributed by atoms with E-state index in [4.69, 9.17) is 9.47 Å². The lowest BCUT2D eigenvalue weighted by Crippen LogP contribution is -2.49. The van der Waals surface area contributed by atoms with Crippen molar-refractivity contribution in [2.75, 3.05) is 25.0 Å². The van der Waals surface area contributed by atoms with Crippen LogP contribution in [-0.4, -0.2) is 42.8 Å². The fourth-order valence-electron chi connectivity index (χ4n) is 2.41. The number of carbonyl (C=O) groups excluding carboxylic acids is 1. The van der Waals surface area contributed by atoms with Gasteiger partial charge in [-0.15, -0.1) is 0 Å². The van der Waals surface area contributed by atoms with E-state index in [9.17, 15) is 9.18 Å². The second-order valence-corrected chi connectivity index (χ2v) is 5.17. The average Bonchev–Trinajstić information content (AvgIpc) is 2.41. The number of ether oxygens (including phenoxy) is 2. The molecule has 5 nitrogen and oxygen atoms in total. The van der Waals surface area contributed by atoms with Crippen molar-refractivity contribution in [3.05, 3.63) is 24.0 Å². The summed E-state index contributed by atoms with van der Waals surface area (Å²) in [6.07, 6.45) is -0.00170. The first kappa shape index (κ1) is 15.6. The molecule has 2 amide bonds. The molecule has 6 heteroatoms. The Morgan fingerprint density at radius 3 is 2.71 bits per heavy atom. The van der Waals surface area contributed by atoms with Crippen molar-refractivity contribution >= 4 is 11.7 Å². The number of nitrogens with zero attached hydrogens (tertiary/aromatic N) is 1. The molecule has 1 saturated heterocycles. The van der Waals surface area contributed by atoms with Gasteiger partial charge in [0.1, 0.15) is 11.6 Å². The number of halogens is 1. The maximum absolute atomic E-state index is 13.2. The number of hydrogen-bond donors (Lipinski definition) is 1. The third-order valence-electron chi connectivity index (χ3n) is 3.19. The van der Waals surface area contributed by atoms with Crippen LogP contribution in [0.1, 0.15) is 20.8 Å². The summed E-state index contributed by atoms with van der Waals surface area (Å²) in [6.45, 7) is 7.13. The molecule has 0 radical (unpaired) electrons. The zero-order valence-electron chi connectivity index (χ0n) is 12.6. The van der Waals surface area contributed by atoms with E-state index in [1.807, 2.05) is 20.8 Å². The number of nitrogens with one attached hydrogen (secondary N) is 1. The van der Waals surface area contributed by atoms with E-state index in [2.05, 4.69) is 5.32 Å². The van der Waals surface area contributed by atoms with Gasteiger partial charge in [-0.3, -0.25) is 0 Å². The zero-order chi connectivity index (χ0) is 15.4. The third kappa shape index (κ3) is 4.07. The van der Waals surface area contributed by atoms with Crippen LogP contribution in [0.15, 0.2) is 18.2 Å². The first-order valence-electron chi connectivity index (χ1n) is 7.13. The molecule has 2 rings (SSSR count). The topological polar surface area (TPSA) is 50.8 Å². The number of rotatable bonds is 3. The molecule has 1 fully saturated rings. The molecule has 1 aromatic rings. The first-order chi connectivity index (χ1) is 9.99. The van der Waals surface area contributed by atoms with Gasteiger partial charge in [-0.1, -0.05) is 0 Å². The van der Waals surface area contributed by atoms with Crippen molar-refractivity contribution in [1.82, 2.24) is 4.90 Å². The number of morpholine rings is 1. The molecule has 0 aromatic heterocycles. The highest BCUT2D eigenvalue weighted by Crippen LogP contribution is 2.26. The Morgan fingerprint density at radius 1 is 1.43 bits per heavy atom. The van der Waals surface area contributed by atoms with E-state index in [1.54, 1.807) is 4.90 Å². The summed E-state index contributed by atoms with van der Waals surface area (Å²) in [7, 11) is 0. The van der Waals surface area contributed by atoms with Crippen LogP contribution in [0.5, 0.6) is 5.75 Å². The van der Waals surface area contributed by atoms with Gasteiger partial charge in [0.2, 0.25) is 0 Å². The molecule has 1 N–H and O–H groups in total. The van der Waals surface area contributed by atoms with Crippen LogP contribution in [0.4, 0.5) is 14.9 Å². The molecule has 0 unspecified atom stereocenters. The lowest BCUT2D eigenvalue weighted by Gasteiger charge is -2.35. The number of hydrogen-bond acceptors (Lipinski definition) is 3. The van der Waals surface area contributed by atoms with Gasteiger partial charge in [-0.2, -0.15) is 0 Å². The normalized spacial score (nSPS) is 22.0. The molecular weight excluding hydrogens is 275 g/mol. The van der Waals surface area contributed by atoms with E-state index in [1.165, 1.54) is 18.2 Å². The summed E-state index contributed by atoms with van der Waals surface area (Å²) < 4.78 is 24.2. The second-order valence-electron chi connectivity index (χ2n) is 5.17. The standard InChI is InChI=1S/C15H21FN2O3/c1-4-20-14-7-12(16)5-6-13(14)17-15(19)18-8-10(2)21-11(3)9-18/h5-7,10-11H,4,8-9H2,1-3H3,(H,17,19)/t10-,11-/m1/s1. The highest BCUT2D eigenvalue weighted by molar-refractivity contribution is 5.91. The Balaban J connectivity index is 2.08. The minimum Gasteiger partial charge on any atom is -0.492 e. The molecule has 1 aliphatic heterocycles. The predicted molar refractivity (Wildman–Crippen MR) is 78.2 cm³/mol. The van der Waals surface area contributed by atoms with Crippen molar-refractivity contribution < 1.29 is 18.7 Å². The smallest absolute Gasteiger partial charge is 0.322 e. The van der Waals surface area contributed by atoms with Crippen LogP contribution in [0.3, 0.4) is 0 Å². The molecule has 21 heavy (non-hydrogen) atoms. The minimum atomic E-state index is -0.398. The van der Waals surface area contributed by atoms with Gasteiger partial charge in [0.15, 0.2) is 0 Å². The Kier molecular flexibility index (Phi) is 5.01. The number of benzene rings is 1. The first-order valence-corrected chi connectivity index (χ1v) is 7.13. The minimum absolute atomic E-state index is 0.000852. The fraction of sp³-hybridized carbons (Fsp3) is 0.533. The van der Waals surface area contributed by atoms with E-state index in [-0.39, 0.29) is 18.2 Å². The third-order valence-corrected chi connectivity index (χ3v) is 3.19. The van der Waals surface area contributed by atoms with Crippen LogP contribution >= 0.6 is 0 Å². The van der Waals surface area contributed by atoms with E-state index in [0.717, 1.165) is 0 Å². The highest BCUT2D eigenvalue weighted by atomic mass is 19.1. The SMILES string of the molecule is CCOc1cc(F)ccc1NC(=O)N1C[C@@H](C)O[C@H](C)C1. The quantitative estimate of drug-likeness (QED) is 0.933. The Labute approximate surface area is 124 Å². The van der Waals surface area contributed by atoms with Crippen LogP contribution < -0.4 is 10.1 Å². The van der Waals surface area contributed by atoms with Gasteiger partial charge < -0.3 is 19.7 Å². The summed E-state index contributed by atoms with van der Waals surface area (Å²) in [5, 5.41) is 2.77. The van der Waals surface area contributed by atoms with Crippen molar-refractivity contribution in [2.24, 2.45) is 0 Å². The van der Waals surface area contributed by atoms with Gasteiger partial charge >= 0.3 is 6.03 Å². The molecule has 2 atom stereocenters. The van der Waals surface area contributed by atoms with Crippen molar-refractivity contribution in [2.45, 2.75) is 33.0 Å². The van der Waals surface area contributed by atoms with Gasteiger partial charge in [0.25, 0.3) is 0 Å². The summed E-state index contributed by atoms with van der Waals surface area (Å²) >= 11 is 0. The lowest BCUT2D eigenvalue weighted by molar-refractivity contribution is -0.0530. The van der Waals surface area contributed by atoms with Gasteiger partial charge in [-0.25, -0.2) is 9.18 Å². The Morgan fingerprint density at radius 2 is 2.10 bits per heavy atom. The average molecular weight is 296 g/mol. The molecule has 0 bridgehead atoms. The van der Waals surface area contributed by atoms with Crippen molar-refractivity contribution in [1.29, 1.82) is 0 Å². The zero-order valence-corrected chi connectivity index (χ0v) is 12.6. The molecular formula is C15H21FN2O3. The number of carbonyl (C=O) groups is 1. The van der Waals surface area contributed by atoms with Gasteiger partial charge in [-0.05, 0) is 32.9 Å². The predicted octanol–water partition coefficient (Wildman–Crippen LogP) is 2.87. The van der Waals surface area contributed by atoms with Crippen LogP contribution in [0.2, 0.25) is 0 Å². The lowest BCUT2D eigenvalue weighted by atomic mass is 10.2. The van der Waals surface area contributed by atoms with E-state index in [0.29, 0.717) is 31.1 Å². The molecule has 1 aromatic carbocycles. The Hall–Kier alpha value is -1.82. The number of anilines is 1. The monoisotopic (exact) mass is 296 g/mol.